The number of carbonyl (C=O) groups excluding carboxylic acids is 1. The van der Waals surface area contributed by atoms with Crippen LogP contribution in [0.1, 0.15) is 46.5 Å². The van der Waals surface area contributed by atoms with Crippen molar-refractivity contribution < 1.29 is 4.79 Å². The van der Waals surface area contributed by atoms with Crippen molar-refractivity contribution in [3.05, 3.63) is 23.8 Å². The molecule has 0 bridgehead atoms. The Bertz CT molecular complexity index is 304. The lowest BCUT2D eigenvalue weighted by Crippen LogP contribution is -2.22. The lowest BCUT2D eigenvalue weighted by molar-refractivity contribution is -0.118. The molecule has 2 nitrogen and oxygen atoms in total. The van der Waals surface area contributed by atoms with E-state index in [0.717, 1.165) is 18.3 Å². The molecule has 1 N–H and O–H groups in total. The lowest BCUT2D eigenvalue weighted by Gasteiger charge is -2.23. The normalized spacial score (nSPS) is 29.7. The van der Waals surface area contributed by atoms with Crippen LogP contribution in [0.4, 0.5) is 0 Å². The van der Waals surface area contributed by atoms with Gasteiger partial charge in [-0.1, -0.05) is 44.9 Å². The highest BCUT2D eigenvalue weighted by atomic mass is 16.1. The summed E-state index contributed by atoms with van der Waals surface area (Å²) in [7, 11) is 0. The first-order valence-corrected chi connectivity index (χ1v) is 6.73. The van der Waals surface area contributed by atoms with Gasteiger partial charge in [-0.05, 0) is 30.3 Å². The van der Waals surface area contributed by atoms with Gasteiger partial charge in [0.05, 0.1) is 0 Å². The molecule has 0 aromatic carbocycles. The van der Waals surface area contributed by atoms with Crippen molar-refractivity contribution in [1.82, 2.24) is 5.32 Å². The number of rotatable bonds is 4. The molecular formula is C15H25NO. The molecule has 0 aromatic rings. The third-order valence-corrected chi connectivity index (χ3v) is 3.53. The monoisotopic (exact) mass is 235 g/mol. The molecule has 0 saturated heterocycles. The highest BCUT2D eigenvalue weighted by molar-refractivity contribution is 5.73. The molecule has 1 aliphatic carbocycles. The molecular weight excluding hydrogens is 210 g/mol. The predicted molar refractivity (Wildman–Crippen MR) is 72.7 cm³/mol. The van der Waals surface area contributed by atoms with Crippen molar-refractivity contribution in [2.24, 2.45) is 11.8 Å². The van der Waals surface area contributed by atoms with E-state index in [0.29, 0.717) is 6.54 Å². The van der Waals surface area contributed by atoms with E-state index in [9.17, 15) is 4.79 Å². The Morgan fingerprint density at radius 1 is 1.47 bits per heavy atom. The highest BCUT2D eigenvalue weighted by Crippen LogP contribution is 2.27. The minimum absolute atomic E-state index is 0.0401. The van der Waals surface area contributed by atoms with Gasteiger partial charge < -0.3 is 5.32 Å². The Balaban J connectivity index is 2.53. The summed E-state index contributed by atoms with van der Waals surface area (Å²) in [5.41, 5.74) is 1.24. The topological polar surface area (TPSA) is 29.1 Å². The molecule has 1 unspecified atom stereocenters. The molecule has 1 aliphatic rings. The Hall–Kier alpha value is -1.05. The van der Waals surface area contributed by atoms with E-state index in [-0.39, 0.29) is 5.91 Å². The molecule has 1 rings (SSSR count). The van der Waals surface area contributed by atoms with Crippen LogP contribution in [0.5, 0.6) is 0 Å². The summed E-state index contributed by atoms with van der Waals surface area (Å²) < 4.78 is 0. The summed E-state index contributed by atoms with van der Waals surface area (Å²) in [5, 5.41) is 2.86. The summed E-state index contributed by atoms with van der Waals surface area (Å²) in [5.74, 6) is 1.60. The molecule has 17 heavy (non-hydrogen) atoms. The Morgan fingerprint density at radius 3 is 2.88 bits per heavy atom. The second kappa shape index (κ2) is 7.31. The largest absolute Gasteiger partial charge is 0.352 e. The van der Waals surface area contributed by atoms with Gasteiger partial charge in [-0.3, -0.25) is 4.79 Å². The standard InChI is InChI=1S/C15H25NO/c1-4-6-15-8-5-7-14(10-9-12(15)2)11-16-13(3)17/h5,7,10,12,15H,4,6,8-9,11H2,1-3H3,(H,16,17)/b7-5-,14-10-/t12-,15?/m1/s1. The van der Waals surface area contributed by atoms with E-state index >= 15 is 0 Å². The summed E-state index contributed by atoms with van der Waals surface area (Å²) in [6.07, 6.45) is 11.6. The van der Waals surface area contributed by atoms with Crippen molar-refractivity contribution in [3.63, 3.8) is 0 Å². The molecule has 0 fully saturated rings. The van der Waals surface area contributed by atoms with Crippen LogP contribution in [0.15, 0.2) is 23.8 Å². The minimum atomic E-state index is 0.0401. The molecule has 0 radical (unpaired) electrons. The maximum atomic E-state index is 10.9. The van der Waals surface area contributed by atoms with Crippen LogP contribution in [-0.2, 0) is 4.79 Å². The zero-order valence-corrected chi connectivity index (χ0v) is 11.3. The lowest BCUT2D eigenvalue weighted by atomic mass is 9.83. The summed E-state index contributed by atoms with van der Waals surface area (Å²) in [6.45, 7) is 6.82. The van der Waals surface area contributed by atoms with E-state index in [4.69, 9.17) is 0 Å². The van der Waals surface area contributed by atoms with Crippen molar-refractivity contribution in [1.29, 1.82) is 0 Å². The van der Waals surface area contributed by atoms with Gasteiger partial charge >= 0.3 is 0 Å². The maximum Gasteiger partial charge on any atom is 0.217 e. The van der Waals surface area contributed by atoms with E-state index in [2.05, 4.69) is 37.4 Å². The third-order valence-electron chi connectivity index (χ3n) is 3.53. The molecule has 0 heterocycles. The summed E-state index contributed by atoms with van der Waals surface area (Å²) in [6, 6.07) is 0. The first-order valence-electron chi connectivity index (χ1n) is 6.73. The van der Waals surface area contributed by atoms with Crippen LogP contribution in [0.25, 0.3) is 0 Å². The zero-order valence-electron chi connectivity index (χ0n) is 11.3. The van der Waals surface area contributed by atoms with Crippen LogP contribution in [-0.4, -0.2) is 12.5 Å². The maximum absolute atomic E-state index is 10.9. The van der Waals surface area contributed by atoms with Crippen LogP contribution >= 0.6 is 0 Å². The fourth-order valence-corrected chi connectivity index (χ4v) is 2.36. The smallest absolute Gasteiger partial charge is 0.217 e. The van der Waals surface area contributed by atoms with Crippen LogP contribution < -0.4 is 5.32 Å². The fourth-order valence-electron chi connectivity index (χ4n) is 2.36. The zero-order chi connectivity index (χ0) is 12.7. The van der Waals surface area contributed by atoms with Gasteiger partial charge in [0.1, 0.15) is 0 Å². The third kappa shape index (κ3) is 5.20. The quantitative estimate of drug-likeness (QED) is 0.794. The van der Waals surface area contributed by atoms with E-state index in [1.54, 1.807) is 6.92 Å². The molecule has 1 amide bonds. The van der Waals surface area contributed by atoms with Gasteiger partial charge in [0.15, 0.2) is 0 Å². The van der Waals surface area contributed by atoms with Crippen molar-refractivity contribution in [2.75, 3.05) is 6.54 Å². The Morgan fingerprint density at radius 2 is 2.24 bits per heavy atom. The van der Waals surface area contributed by atoms with Gasteiger partial charge in [0.25, 0.3) is 0 Å². The molecule has 96 valence electrons. The molecule has 0 spiro atoms. The number of hydrogen-bond acceptors (Lipinski definition) is 1. The average Bonchev–Trinajstić information content (AvgIpc) is 2.27. The second-order valence-electron chi connectivity index (χ2n) is 5.09. The number of nitrogens with one attached hydrogen (secondary N) is 1. The second-order valence-corrected chi connectivity index (χ2v) is 5.09. The molecule has 0 saturated carbocycles. The number of carbonyl (C=O) groups is 1. The van der Waals surface area contributed by atoms with E-state index in [1.165, 1.54) is 24.8 Å². The minimum Gasteiger partial charge on any atom is -0.352 e. The van der Waals surface area contributed by atoms with Gasteiger partial charge in [0.2, 0.25) is 5.91 Å². The number of allylic oxidation sites excluding steroid dienone is 2. The van der Waals surface area contributed by atoms with Gasteiger partial charge in [-0.15, -0.1) is 0 Å². The average molecular weight is 235 g/mol. The van der Waals surface area contributed by atoms with Crippen LogP contribution in [0.2, 0.25) is 0 Å². The first-order chi connectivity index (χ1) is 8.13. The van der Waals surface area contributed by atoms with Crippen LogP contribution in [0.3, 0.4) is 0 Å². The predicted octanol–water partition coefficient (Wildman–Crippen LogP) is 3.45. The number of hydrogen-bond donors (Lipinski definition) is 1. The molecule has 0 aromatic heterocycles. The van der Waals surface area contributed by atoms with Crippen molar-refractivity contribution in [2.45, 2.75) is 46.5 Å². The summed E-state index contributed by atoms with van der Waals surface area (Å²) >= 11 is 0. The first kappa shape index (κ1) is 14.0. The molecule has 2 heteroatoms. The number of amides is 1. The van der Waals surface area contributed by atoms with Gasteiger partial charge in [-0.25, -0.2) is 0 Å². The van der Waals surface area contributed by atoms with Crippen molar-refractivity contribution >= 4 is 5.91 Å². The molecule has 0 aliphatic heterocycles. The Kier molecular flexibility index (Phi) is 6.03. The summed E-state index contributed by atoms with van der Waals surface area (Å²) in [4.78, 5) is 10.9. The highest BCUT2D eigenvalue weighted by Gasteiger charge is 2.15. The molecule has 2 atom stereocenters. The van der Waals surface area contributed by atoms with E-state index in [1.807, 2.05) is 0 Å². The SMILES string of the molecule is CCCC1C/C=C\C(CNC(C)=O)=C\C[C@H]1C. The Labute approximate surface area is 105 Å². The van der Waals surface area contributed by atoms with Gasteiger partial charge in [0, 0.05) is 13.5 Å². The van der Waals surface area contributed by atoms with Crippen LogP contribution in [0, 0.1) is 11.8 Å². The van der Waals surface area contributed by atoms with E-state index < -0.39 is 0 Å². The van der Waals surface area contributed by atoms with Gasteiger partial charge in [-0.2, -0.15) is 0 Å². The fraction of sp³-hybridized carbons (Fsp3) is 0.667. The van der Waals surface area contributed by atoms with Crippen molar-refractivity contribution in [3.8, 4) is 0 Å².